The molecule has 0 bridgehead atoms. The molecular formula is C21H39NO4Si2. The number of carbonyl (C=O) groups is 1. The van der Waals surface area contributed by atoms with Crippen molar-refractivity contribution in [1.29, 1.82) is 0 Å². The van der Waals surface area contributed by atoms with Crippen LogP contribution in [0.3, 0.4) is 0 Å². The summed E-state index contributed by atoms with van der Waals surface area (Å²) in [6.07, 6.45) is 1.39. The highest BCUT2D eigenvalue weighted by Crippen LogP contribution is 2.23. The number of anilines is 1. The number of carbonyl (C=O) groups excluding carboxylic acids is 1. The minimum Gasteiger partial charge on any atom is -0.519 e. The number of nitrogens with zero attached hydrogens (tertiary/aromatic N) is 1. The molecule has 28 heavy (non-hydrogen) atoms. The molecule has 1 rings (SSSR count). The molecule has 5 nitrogen and oxygen atoms in total. The van der Waals surface area contributed by atoms with E-state index in [1.807, 2.05) is 18.2 Å². The van der Waals surface area contributed by atoms with Crippen molar-refractivity contribution in [2.75, 3.05) is 32.2 Å². The quantitative estimate of drug-likeness (QED) is 0.384. The van der Waals surface area contributed by atoms with Gasteiger partial charge in [-0.2, -0.15) is 0 Å². The van der Waals surface area contributed by atoms with Crippen LogP contribution in [-0.2, 0) is 18.1 Å². The average Bonchev–Trinajstić information content (AvgIpc) is 2.75. The highest BCUT2D eigenvalue weighted by Gasteiger charge is 2.33. The Hall–Kier alpha value is -1.16. The molecule has 0 aliphatic rings. The van der Waals surface area contributed by atoms with Crippen LogP contribution in [0, 0.1) is 0 Å². The predicted octanol–water partition coefficient (Wildman–Crippen LogP) is 5.19. The number of benzene rings is 1. The van der Waals surface area contributed by atoms with Crippen LogP contribution in [0.5, 0.6) is 0 Å². The van der Waals surface area contributed by atoms with Gasteiger partial charge < -0.3 is 18.2 Å². The summed E-state index contributed by atoms with van der Waals surface area (Å²) in [6.45, 7) is 10.1. The predicted molar refractivity (Wildman–Crippen MR) is 122 cm³/mol. The van der Waals surface area contributed by atoms with Gasteiger partial charge >= 0.3 is 8.56 Å². The molecular weight excluding hydrogens is 386 g/mol. The van der Waals surface area contributed by atoms with Crippen molar-refractivity contribution < 1.29 is 18.1 Å². The summed E-state index contributed by atoms with van der Waals surface area (Å²) in [5.74, 6) is -0.0499. The van der Waals surface area contributed by atoms with Gasteiger partial charge in [-0.1, -0.05) is 39.0 Å². The summed E-state index contributed by atoms with van der Waals surface area (Å²) in [5, 5.41) is 0. The Morgan fingerprint density at radius 3 is 2.04 bits per heavy atom. The summed E-state index contributed by atoms with van der Waals surface area (Å²) in [4.78, 5) is 14.8. The zero-order valence-electron chi connectivity index (χ0n) is 18.6. The Bertz CT molecular complexity index is 555. The van der Waals surface area contributed by atoms with E-state index < -0.39 is 16.9 Å². The second kappa shape index (κ2) is 12.4. The second-order valence-corrected chi connectivity index (χ2v) is 15.7. The van der Waals surface area contributed by atoms with E-state index in [0.717, 1.165) is 42.8 Å². The van der Waals surface area contributed by atoms with E-state index in [4.69, 9.17) is 13.3 Å². The number of hydrogen-bond acceptors (Lipinski definition) is 5. The fraction of sp³-hybridized carbons (Fsp3) is 0.667. The third kappa shape index (κ3) is 7.69. The molecule has 160 valence electrons. The van der Waals surface area contributed by atoms with Crippen LogP contribution in [0.4, 0.5) is 5.69 Å². The molecule has 0 radical (unpaired) electrons. The van der Waals surface area contributed by atoms with Crippen LogP contribution >= 0.6 is 0 Å². The Morgan fingerprint density at radius 1 is 0.964 bits per heavy atom. The van der Waals surface area contributed by atoms with Crippen LogP contribution in [-0.4, -0.2) is 50.2 Å². The minimum absolute atomic E-state index is 0.0499. The highest BCUT2D eigenvalue weighted by atomic mass is 28.4. The van der Waals surface area contributed by atoms with Gasteiger partial charge in [0, 0.05) is 33.0 Å². The molecule has 0 fully saturated rings. The number of hydrogen-bond donors (Lipinski definition) is 0. The largest absolute Gasteiger partial charge is 0.519 e. The van der Waals surface area contributed by atoms with Gasteiger partial charge in [0.1, 0.15) is 0 Å². The minimum atomic E-state index is -2.07. The summed E-state index contributed by atoms with van der Waals surface area (Å²) in [6, 6.07) is 14.2. The van der Waals surface area contributed by atoms with E-state index >= 15 is 0 Å². The van der Waals surface area contributed by atoms with E-state index in [-0.39, 0.29) is 5.97 Å². The SMILES string of the molecule is CC[Si](CC)(CC)OC(=O)CCN(CCC[Si](C)(OC)OC)c1ccccc1. The van der Waals surface area contributed by atoms with E-state index in [9.17, 15) is 4.79 Å². The van der Waals surface area contributed by atoms with Crippen LogP contribution in [0.1, 0.15) is 33.6 Å². The van der Waals surface area contributed by atoms with Crippen molar-refractivity contribution in [2.24, 2.45) is 0 Å². The maximum atomic E-state index is 12.5. The Labute approximate surface area is 173 Å². The Morgan fingerprint density at radius 2 is 1.54 bits per heavy atom. The van der Waals surface area contributed by atoms with E-state index in [0.29, 0.717) is 13.0 Å². The first-order chi connectivity index (χ1) is 13.4. The summed E-state index contributed by atoms with van der Waals surface area (Å²) >= 11 is 0. The van der Waals surface area contributed by atoms with Crippen molar-refractivity contribution in [1.82, 2.24) is 0 Å². The molecule has 1 aromatic carbocycles. The van der Waals surface area contributed by atoms with Crippen LogP contribution < -0.4 is 4.90 Å². The highest BCUT2D eigenvalue weighted by molar-refractivity contribution is 6.74. The van der Waals surface area contributed by atoms with Crippen molar-refractivity contribution in [3.8, 4) is 0 Å². The third-order valence-electron chi connectivity index (χ3n) is 5.89. The molecule has 0 unspecified atom stereocenters. The van der Waals surface area contributed by atoms with E-state index in [1.54, 1.807) is 14.2 Å². The lowest BCUT2D eigenvalue weighted by atomic mass is 10.2. The standard InChI is InChI=1S/C21H39NO4Si2/c1-7-28(8-2,9-3)26-21(23)16-18-22(20-14-11-10-12-15-20)17-13-19-27(6,24-4)25-5/h10-12,14-15H,7-9,13,16-19H2,1-6H3. The van der Waals surface area contributed by atoms with Crippen LogP contribution in [0.25, 0.3) is 0 Å². The van der Waals surface area contributed by atoms with Gasteiger partial charge in [0.2, 0.25) is 0 Å². The maximum absolute atomic E-state index is 12.5. The lowest BCUT2D eigenvalue weighted by Gasteiger charge is -2.30. The van der Waals surface area contributed by atoms with Gasteiger partial charge in [0.05, 0.1) is 6.42 Å². The van der Waals surface area contributed by atoms with Gasteiger partial charge in [-0.05, 0) is 49.3 Å². The zero-order chi connectivity index (χ0) is 21.0. The fourth-order valence-corrected chi connectivity index (χ4v) is 7.27. The summed E-state index contributed by atoms with van der Waals surface area (Å²) in [7, 11) is -0.500. The molecule has 0 saturated carbocycles. The Kier molecular flexibility index (Phi) is 11.0. The smallest absolute Gasteiger partial charge is 0.334 e. The topological polar surface area (TPSA) is 48.0 Å². The molecule has 0 N–H and O–H groups in total. The molecule has 0 aliphatic carbocycles. The molecule has 0 amide bonds. The van der Waals surface area contributed by atoms with Crippen molar-refractivity contribution in [2.45, 2.75) is 64.3 Å². The first kappa shape index (κ1) is 24.9. The van der Waals surface area contributed by atoms with Crippen molar-refractivity contribution >= 4 is 28.5 Å². The van der Waals surface area contributed by atoms with Gasteiger partial charge in [-0.15, -0.1) is 0 Å². The van der Waals surface area contributed by atoms with Crippen molar-refractivity contribution in [3.05, 3.63) is 30.3 Å². The maximum Gasteiger partial charge on any atom is 0.334 e. The normalized spacial score (nSPS) is 12.1. The Balaban J connectivity index is 2.70. The monoisotopic (exact) mass is 425 g/mol. The summed E-state index contributed by atoms with van der Waals surface area (Å²) in [5.41, 5.74) is 1.14. The average molecular weight is 426 g/mol. The first-order valence-electron chi connectivity index (χ1n) is 10.5. The first-order valence-corrected chi connectivity index (χ1v) is 15.5. The molecule has 0 spiro atoms. The molecule has 7 heteroatoms. The number of rotatable bonds is 14. The third-order valence-corrected chi connectivity index (χ3v) is 13.4. The molecule has 0 aromatic heterocycles. The lowest BCUT2D eigenvalue weighted by Crippen LogP contribution is -2.39. The van der Waals surface area contributed by atoms with Gasteiger partial charge in [-0.3, -0.25) is 4.79 Å². The molecule has 1 aromatic rings. The molecule has 0 heterocycles. The van der Waals surface area contributed by atoms with Crippen LogP contribution in [0.2, 0.25) is 30.7 Å². The van der Waals surface area contributed by atoms with E-state index in [1.165, 1.54) is 0 Å². The van der Waals surface area contributed by atoms with Gasteiger partial charge in [0.25, 0.3) is 14.3 Å². The van der Waals surface area contributed by atoms with Crippen molar-refractivity contribution in [3.63, 3.8) is 0 Å². The van der Waals surface area contributed by atoms with Gasteiger partial charge in [0.15, 0.2) is 0 Å². The van der Waals surface area contributed by atoms with Crippen LogP contribution in [0.15, 0.2) is 30.3 Å². The fourth-order valence-electron chi connectivity index (χ4n) is 3.37. The molecule has 0 atom stereocenters. The molecule has 0 aliphatic heterocycles. The second-order valence-electron chi connectivity index (χ2n) is 7.44. The molecule has 0 saturated heterocycles. The lowest BCUT2D eigenvalue weighted by molar-refractivity contribution is -0.135. The van der Waals surface area contributed by atoms with Gasteiger partial charge in [-0.25, -0.2) is 0 Å². The number of para-hydroxylation sites is 1. The summed E-state index contributed by atoms with van der Waals surface area (Å²) < 4.78 is 17.2. The zero-order valence-corrected chi connectivity index (χ0v) is 20.6. The van der Waals surface area contributed by atoms with E-state index in [2.05, 4.69) is 44.4 Å².